The average Bonchev–Trinajstić information content (AvgIpc) is 2.95. The first-order valence-corrected chi connectivity index (χ1v) is 10.8. The molecular formula is C20H17I2N3O5. The molecule has 10 heteroatoms. The summed E-state index contributed by atoms with van der Waals surface area (Å²) in [5.74, 6) is 0.135. The molecule has 4 amide bonds. The number of carbonyl (C=O) groups is 3. The Morgan fingerprint density at radius 2 is 1.80 bits per heavy atom. The van der Waals surface area contributed by atoms with E-state index in [1.54, 1.807) is 37.5 Å². The van der Waals surface area contributed by atoms with Crippen molar-refractivity contribution in [1.29, 1.82) is 0 Å². The smallest absolute Gasteiger partial charge is 0.329 e. The van der Waals surface area contributed by atoms with E-state index in [1.165, 1.54) is 7.11 Å². The third-order valence-corrected chi connectivity index (χ3v) is 5.78. The number of urea groups is 1. The Hall–Kier alpha value is -2.35. The van der Waals surface area contributed by atoms with Gasteiger partial charge in [0.1, 0.15) is 23.7 Å². The molecule has 2 N–H and O–H groups in total. The van der Waals surface area contributed by atoms with Gasteiger partial charge in [-0.2, -0.15) is 0 Å². The number of ether oxygens (including phenoxy) is 2. The minimum Gasteiger partial charge on any atom is -0.495 e. The number of carbonyl (C=O) groups excluding carboxylic acids is 3. The van der Waals surface area contributed by atoms with Crippen molar-refractivity contribution in [1.82, 2.24) is 10.2 Å². The summed E-state index contributed by atoms with van der Waals surface area (Å²) < 4.78 is 12.3. The molecule has 0 aromatic heterocycles. The van der Waals surface area contributed by atoms with Gasteiger partial charge in [0.05, 0.1) is 27.0 Å². The van der Waals surface area contributed by atoms with Gasteiger partial charge in [0.15, 0.2) is 0 Å². The van der Waals surface area contributed by atoms with Crippen molar-refractivity contribution in [3.8, 4) is 11.5 Å². The van der Waals surface area contributed by atoms with Crippen LogP contribution in [0.3, 0.4) is 0 Å². The van der Waals surface area contributed by atoms with Crippen molar-refractivity contribution in [3.63, 3.8) is 0 Å². The predicted molar refractivity (Wildman–Crippen MR) is 128 cm³/mol. The summed E-state index contributed by atoms with van der Waals surface area (Å²) in [5.41, 5.74) is 1.28. The van der Waals surface area contributed by atoms with E-state index in [0.29, 0.717) is 11.4 Å². The molecule has 8 nitrogen and oxygen atoms in total. The predicted octanol–water partition coefficient (Wildman–Crippen LogP) is 3.44. The zero-order chi connectivity index (χ0) is 21.8. The maximum Gasteiger partial charge on any atom is 0.329 e. The van der Waals surface area contributed by atoms with E-state index in [9.17, 15) is 14.4 Å². The highest BCUT2D eigenvalue weighted by atomic mass is 127. The molecule has 1 saturated heterocycles. The Balaban J connectivity index is 1.75. The Labute approximate surface area is 200 Å². The summed E-state index contributed by atoms with van der Waals surface area (Å²) in [5, 5.41) is 5.17. The molecule has 1 fully saturated rings. The minimum atomic E-state index is -0.653. The van der Waals surface area contributed by atoms with Gasteiger partial charge in [-0.25, -0.2) is 9.69 Å². The number of amides is 4. The van der Waals surface area contributed by atoms with Crippen molar-refractivity contribution in [2.45, 2.75) is 0 Å². The van der Waals surface area contributed by atoms with Crippen LogP contribution in [0.4, 0.5) is 10.5 Å². The van der Waals surface area contributed by atoms with Gasteiger partial charge in [-0.05, 0) is 81.1 Å². The van der Waals surface area contributed by atoms with E-state index in [-0.39, 0.29) is 5.70 Å². The van der Waals surface area contributed by atoms with Crippen molar-refractivity contribution in [3.05, 3.63) is 54.8 Å². The summed E-state index contributed by atoms with van der Waals surface area (Å²) in [7, 11) is 3.08. The summed E-state index contributed by atoms with van der Waals surface area (Å²) in [6, 6.07) is 9.90. The van der Waals surface area contributed by atoms with Crippen LogP contribution in [0, 0.1) is 7.14 Å². The van der Waals surface area contributed by atoms with Crippen LogP contribution in [0.2, 0.25) is 0 Å². The second-order valence-corrected chi connectivity index (χ2v) is 8.47. The molecule has 2 aromatic rings. The number of rotatable bonds is 6. The van der Waals surface area contributed by atoms with Gasteiger partial charge in [-0.15, -0.1) is 0 Å². The van der Waals surface area contributed by atoms with Crippen LogP contribution in [0.5, 0.6) is 11.5 Å². The number of hydrogen-bond donors (Lipinski definition) is 2. The molecule has 1 heterocycles. The molecule has 2 aromatic carbocycles. The zero-order valence-corrected chi connectivity index (χ0v) is 20.3. The van der Waals surface area contributed by atoms with Gasteiger partial charge >= 0.3 is 6.03 Å². The van der Waals surface area contributed by atoms with E-state index in [4.69, 9.17) is 9.47 Å². The Kier molecular flexibility index (Phi) is 7.18. The molecule has 30 heavy (non-hydrogen) atoms. The first kappa shape index (κ1) is 22.3. The topological polar surface area (TPSA) is 97.0 Å². The average molecular weight is 633 g/mol. The number of benzene rings is 2. The monoisotopic (exact) mass is 633 g/mol. The molecule has 3 rings (SSSR count). The van der Waals surface area contributed by atoms with Crippen LogP contribution in [-0.4, -0.2) is 43.5 Å². The fourth-order valence-corrected chi connectivity index (χ4v) is 5.08. The van der Waals surface area contributed by atoms with Crippen LogP contribution >= 0.6 is 45.2 Å². The zero-order valence-electron chi connectivity index (χ0n) is 16.0. The molecule has 1 aliphatic heterocycles. The molecule has 0 unspecified atom stereocenters. The lowest BCUT2D eigenvalue weighted by atomic mass is 10.2. The molecule has 0 saturated carbocycles. The second kappa shape index (κ2) is 9.64. The second-order valence-electron chi connectivity index (χ2n) is 6.15. The number of para-hydroxylation sites is 2. The summed E-state index contributed by atoms with van der Waals surface area (Å²) in [6.07, 6.45) is 1.57. The molecule has 156 valence electrons. The third kappa shape index (κ3) is 4.86. The Morgan fingerprint density at radius 1 is 1.13 bits per heavy atom. The van der Waals surface area contributed by atoms with E-state index in [0.717, 1.165) is 23.4 Å². The number of methoxy groups -OCH3 is 2. The number of imide groups is 1. The molecule has 0 spiro atoms. The van der Waals surface area contributed by atoms with E-state index < -0.39 is 24.4 Å². The highest BCUT2D eigenvalue weighted by Gasteiger charge is 2.35. The molecule has 0 atom stereocenters. The molecular weight excluding hydrogens is 616 g/mol. The van der Waals surface area contributed by atoms with Gasteiger partial charge in [0.25, 0.3) is 5.91 Å². The lowest BCUT2D eigenvalue weighted by Gasteiger charge is -2.13. The lowest BCUT2D eigenvalue weighted by molar-refractivity contribution is -0.127. The maximum absolute atomic E-state index is 12.7. The van der Waals surface area contributed by atoms with Gasteiger partial charge in [0.2, 0.25) is 5.91 Å². The van der Waals surface area contributed by atoms with Crippen LogP contribution in [-0.2, 0) is 9.59 Å². The summed E-state index contributed by atoms with van der Waals surface area (Å²) >= 11 is 4.28. The molecule has 0 radical (unpaired) electrons. The standard InChI is InChI=1S/C20H17I2N3O5/c1-29-16-6-4-3-5-14(16)23-17(26)10-25-19(27)15(24-20(25)28)9-11-7-12(21)18(30-2)13(22)8-11/h3-9H,10H2,1-2H3,(H,23,26)(H,24,28)/b15-9+. The number of hydrogen-bond acceptors (Lipinski definition) is 5. The fourth-order valence-electron chi connectivity index (χ4n) is 2.82. The molecule has 1 aliphatic rings. The van der Waals surface area contributed by atoms with E-state index >= 15 is 0 Å². The van der Waals surface area contributed by atoms with Crippen LogP contribution in [0.1, 0.15) is 5.56 Å². The number of halogens is 2. The van der Waals surface area contributed by atoms with E-state index in [2.05, 4.69) is 55.8 Å². The Bertz CT molecular complexity index is 1030. The van der Waals surface area contributed by atoms with E-state index in [1.807, 2.05) is 12.1 Å². The van der Waals surface area contributed by atoms with Gasteiger partial charge in [-0.1, -0.05) is 12.1 Å². The highest BCUT2D eigenvalue weighted by Crippen LogP contribution is 2.29. The Morgan fingerprint density at radius 3 is 2.43 bits per heavy atom. The fraction of sp³-hybridized carbons (Fsp3) is 0.150. The summed E-state index contributed by atoms with van der Waals surface area (Å²) in [6.45, 7) is -0.419. The van der Waals surface area contributed by atoms with Crippen molar-refractivity contribution < 1.29 is 23.9 Å². The number of nitrogens with one attached hydrogen (secondary N) is 2. The van der Waals surface area contributed by atoms with Crippen molar-refractivity contribution in [2.75, 3.05) is 26.1 Å². The van der Waals surface area contributed by atoms with Crippen LogP contribution in [0.25, 0.3) is 6.08 Å². The normalized spacial score (nSPS) is 14.7. The molecule has 0 aliphatic carbocycles. The van der Waals surface area contributed by atoms with Crippen molar-refractivity contribution in [2.24, 2.45) is 0 Å². The first-order valence-electron chi connectivity index (χ1n) is 8.64. The minimum absolute atomic E-state index is 0.0989. The quantitative estimate of drug-likeness (QED) is 0.289. The first-order chi connectivity index (χ1) is 14.3. The number of nitrogens with zero attached hydrogens (tertiary/aromatic N) is 1. The van der Waals surface area contributed by atoms with Crippen LogP contribution in [0.15, 0.2) is 42.1 Å². The van der Waals surface area contributed by atoms with Gasteiger partial charge < -0.3 is 20.1 Å². The summed E-state index contributed by atoms with van der Waals surface area (Å²) in [4.78, 5) is 38.2. The van der Waals surface area contributed by atoms with Gasteiger partial charge in [0, 0.05) is 0 Å². The third-order valence-electron chi connectivity index (χ3n) is 4.18. The lowest BCUT2D eigenvalue weighted by Crippen LogP contribution is -2.38. The van der Waals surface area contributed by atoms with Gasteiger partial charge in [-0.3, -0.25) is 9.59 Å². The molecule has 0 bridgehead atoms. The highest BCUT2D eigenvalue weighted by molar-refractivity contribution is 14.1. The SMILES string of the molecule is COc1ccccc1NC(=O)CN1C(=O)N/C(=C/c2cc(I)c(OC)c(I)c2)C1=O. The van der Waals surface area contributed by atoms with Crippen LogP contribution < -0.4 is 20.1 Å². The van der Waals surface area contributed by atoms with Crippen molar-refractivity contribution >= 4 is 74.8 Å². The largest absolute Gasteiger partial charge is 0.495 e. The maximum atomic E-state index is 12.7. The number of anilines is 1.